The summed E-state index contributed by atoms with van der Waals surface area (Å²) in [5, 5.41) is 2.32. The maximum Gasteiger partial charge on any atom is 0.590 e. The zero-order valence-corrected chi connectivity index (χ0v) is 9.53. The van der Waals surface area contributed by atoms with E-state index in [4.69, 9.17) is 11.6 Å². The minimum Gasteiger partial charge on any atom is -0.285 e. The predicted molar refractivity (Wildman–Crippen MR) is 50.0 cm³/mol. The third-order valence-electron chi connectivity index (χ3n) is 0.984. The van der Waals surface area contributed by atoms with Gasteiger partial charge in [-0.2, -0.15) is 4.39 Å². The first-order valence-corrected chi connectivity index (χ1v) is 5.80. The molecule has 0 saturated carbocycles. The molecule has 0 aromatic carbocycles. The molecule has 0 aliphatic heterocycles. The zero-order valence-electron chi connectivity index (χ0n) is 7.12. The van der Waals surface area contributed by atoms with Crippen molar-refractivity contribution < 1.29 is 22.3 Å². The fourth-order valence-corrected chi connectivity index (χ4v) is 1.18. The Morgan fingerprint density at radius 2 is 2.29 bits per heavy atom. The van der Waals surface area contributed by atoms with Crippen molar-refractivity contribution in [3.05, 3.63) is 0 Å². The van der Waals surface area contributed by atoms with E-state index in [0.717, 1.165) is 0 Å². The van der Waals surface area contributed by atoms with Crippen molar-refractivity contribution in [2.24, 2.45) is 11.1 Å². The SMILES string of the molecule is CC(CCl)COP(=O)(F)ON=C(F)Cl. The molecule has 0 heterocycles. The summed E-state index contributed by atoms with van der Waals surface area (Å²) in [4.78, 5) is 0. The number of rotatable bonds is 6. The standard InChI is InChI=1S/C5H8Cl2F2NO3P/c1-4(2-6)3-12-14(9,11)13-10-5(7)8/h4H,2-3H2,1H3. The van der Waals surface area contributed by atoms with E-state index in [-0.39, 0.29) is 18.4 Å². The Hall–Kier alpha value is 0.1000. The number of oxime groups is 1. The molecule has 14 heavy (non-hydrogen) atoms. The lowest BCUT2D eigenvalue weighted by Crippen LogP contribution is -2.05. The highest BCUT2D eigenvalue weighted by atomic mass is 35.5. The molecular formula is C5H8Cl2F2NO3P. The fraction of sp³-hybridized carbons (Fsp3) is 0.800. The Labute approximate surface area is 89.8 Å². The van der Waals surface area contributed by atoms with E-state index >= 15 is 0 Å². The molecule has 0 N–H and O–H groups in total. The summed E-state index contributed by atoms with van der Waals surface area (Å²) in [5.41, 5.74) is -1.57. The third-order valence-corrected chi connectivity index (χ3v) is 2.31. The van der Waals surface area contributed by atoms with Crippen LogP contribution in [0.2, 0.25) is 0 Å². The van der Waals surface area contributed by atoms with Crippen LogP contribution < -0.4 is 0 Å². The van der Waals surface area contributed by atoms with Gasteiger partial charge in [0.1, 0.15) is 0 Å². The van der Waals surface area contributed by atoms with Gasteiger partial charge in [-0.3, -0.25) is 9.15 Å². The molecule has 2 unspecified atom stereocenters. The van der Waals surface area contributed by atoms with Crippen molar-refractivity contribution in [3.8, 4) is 0 Å². The van der Waals surface area contributed by atoms with Crippen LogP contribution in [0, 0.1) is 5.92 Å². The topological polar surface area (TPSA) is 47.9 Å². The third kappa shape index (κ3) is 7.50. The van der Waals surface area contributed by atoms with Gasteiger partial charge in [0.05, 0.1) is 6.61 Å². The summed E-state index contributed by atoms with van der Waals surface area (Å²) in [7, 11) is -4.88. The first-order chi connectivity index (χ1) is 6.37. The van der Waals surface area contributed by atoms with Crippen LogP contribution in [0.3, 0.4) is 0 Å². The molecule has 0 amide bonds. The molecule has 9 heteroatoms. The second-order valence-corrected chi connectivity index (χ2v) is 4.30. The largest absolute Gasteiger partial charge is 0.590 e. The highest BCUT2D eigenvalue weighted by Crippen LogP contribution is 2.50. The molecule has 0 bridgehead atoms. The van der Waals surface area contributed by atoms with Crippen LogP contribution in [0.1, 0.15) is 6.92 Å². The van der Waals surface area contributed by atoms with Gasteiger partial charge in [0.2, 0.25) is 0 Å². The van der Waals surface area contributed by atoms with E-state index in [1.807, 2.05) is 0 Å². The van der Waals surface area contributed by atoms with Crippen LogP contribution in [0.25, 0.3) is 0 Å². The minimum atomic E-state index is -4.88. The van der Waals surface area contributed by atoms with Crippen molar-refractivity contribution in [3.63, 3.8) is 0 Å². The zero-order chi connectivity index (χ0) is 11.2. The lowest BCUT2D eigenvalue weighted by Gasteiger charge is -2.09. The average molecular weight is 270 g/mol. The van der Waals surface area contributed by atoms with E-state index in [1.54, 1.807) is 6.92 Å². The second-order valence-electron chi connectivity index (χ2n) is 2.40. The molecule has 0 saturated heterocycles. The van der Waals surface area contributed by atoms with Gasteiger partial charge < -0.3 is 0 Å². The van der Waals surface area contributed by atoms with Gasteiger partial charge in [0, 0.05) is 5.88 Å². The van der Waals surface area contributed by atoms with Gasteiger partial charge in [-0.25, -0.2) is 4.57 Å². The number of hydrogen-bond acceptors (Lipinski definition) is 4. The van der Waals surface area contributed by atoms with Crippen molar-refractivity contribution in [2.45, 2.75) is 6.92 Å². The number of alkyl halides is 1. The Morgan fingerprint density at radius 3 is 2.71 bits per heavy atom. The Morgan fingerprint density at radius 1 is 1.71 bits per heavy atom. The Kier molecular flexibility index (Phi) is 6.61. The second kappa shape index (κ2) is 6.56. The van der Waals surface area contributed by atoms with Gasteiger partial charge in [0.15, 0.2) is 0 Å². The van der Waals surface area contributed by atoms with Crippen LogP contribution in [0.5, 0.6) is 0 Å². The van der Waals surface area contributed by atoms with Crippen LogP contribution in [-0.2, 0) is 13.7 Å². The average Bonchev–Trinajstić information content (AvgIpc) is 2.11. The van der Waals surface area contributed by atoms with Crippen LogP contribution in [0.4, 0.5) is 8.59 Å². The molecule has 0 rings (SSSR count). The molecule has 84 valence electrons. The molecule has 0 radical (unpaired) electrons. The van der Waals surface area contributed by atoms with Crippen molar-refractivity contribution in [2.75, 3.05) is 12.5 Å². The molecule has 4 nitrogen and oxygen atoms in total. The summed E-state index contributed by atoms with van der Waals surface area (Å²) in [6.45, 7) is 1.41. The summed E-state index contributed by atoms with van der Waals surface area (Å²) in [6, 6.07) is 0. The summed E-state index contributed by atoms with van der Waals surface area (Å²) >= 11 is 9.93. The normalized spacial score (nSPS) is 18.8. The monoisotopic (exact) mass is 269 g/mol. The van der Waals surface area contributed by atoms with Gasteiger partial charge >= 0.3 is 13.3 Å². The van der Waals surface area contributed by atoms with E-state index in [0.29, 0.717) is 0 Å². The maximum absolute atomic E-state index is 12.7. The number of hydrogen-bond donors (Lipinski definition) is 0. The van der Waals surface area contributed by atoms with Crippen LogP contribution in [0.15, 0.2) is 5.16 Å². The van der Waals surface area contributed by atoms with Crippen molar-refractivity contribution in [1.29, 1.82) is 0 Å². The van der Waals surface area contributed by atoms with E-state index in [9.17, 15) is 13.2 Å². The van der Waals surface area contributed by atoms with E-state index < -0.39 is 13.3 Å². The highest BCUT2D eigenvalue weighted by Gasteiger charge is 2.27. The molecule has 0 spiro atoms. The van der Waals surface area contributed by atoms with Crippen molar-refractivity contribution >= 4 is 36.5 Å². The molecule has 0 aliphatic carbocycles. The Balaban J connectivity index is 3.96. The number of nitrogens with zero attached hydrogens (tertiary/aromatic N) is 1. The van der Waals surface area contributed by atoms with Crippen LogP contribution >= 0.6 is 31.1 Å². The lowest BCUT2D eigenvalue weighted by atomic mass is 10.2. The molecule has 0 aromatic rings. The molecule has 0 aliphatic rings. The maximum atomic E-state index is 12.7. The smallest absolute Gasteiger partial charge is 0.285 e. The minimum absolute atomic E-state index is 0.202. The Bertz CT molecular complexity index is 249. The van der Waals surface area contributed by atoms with E-state index in [1.165, 1.54) is 0 Å². The first-order valence-electron chi connectivity index (χ1n) is 3.45. The number of halogens is 4. The van der Waals surface area contributed by atoms with Gasteiger partial charge in [-0.15, -0.1) is 15.8 Å². The molecule has 0 fully saturated rings. The predicted octanol–water partition coefficient (Wildman–Crippen LogP) is 3.45. The highest BCUT2D eigenvalue weighted by molar-refractivity contribution is 7.48. The molecule has 0 aromatic heterocycles. The first kappa shape index (κ1) is 14.1. The molecular weight excluding hydrogens is 262 g/mol. The summed E-state index contributed by atoms with van der Waals surface area (Å²) in [6.07, 6.45) is 0. The summed E-state index contributed by atoms with van der Waals surface area (Å²) < 4.78 is 42.8. The quantitative estimate of drug-likeness (QED) is 0.321. The van der Waals surface area contributed by atoms with Gasteiger partial charge in [0.25, 0.3) is 0 Å². The van der Waals surface area contributed by atoms with Crippen LogP contribution in [-0.4, -0.2) is 17.9 Å². The van der Waals surface area contributed by atoms with Gasteiger partial charge in [-0.1, -0.05) is 6.92 Å². The van der Waals surface area contributed by atoms with Crippen molar-refractivity contribution in [1.82, 2.24) is 0 Å². The summed E-state index contributed by atoms with van der Waals surface area (Å²) in [5.74, 6) is -0.0122. The van der Waals surface area contributed by atoms with Gasteiger partial charge in [-0.05, 0) is 22.7 Å². The molecule has 2 atom stereocenters. The lowest BCUT2D eigenvalue weighted by molar-refractivity contribution is 0.164. The van der Waals surface area contributed by atoms with E-state index in [2.05, 4.69) is 25.9 Å². The fourth-order valence-electron chi connectivity index (χ4n) is 0.364.